The number of benzene rings is 1. The summed E-state index contributed by atoms with van der Waals surface area (Å²) < 4.78 is 16.3. The number of carbonyl (C=O) groups is 1. The summed E-state index contributed by atoms with van der Waals surface area (Å²) in [6.07, 6.45) is 3.35. The number of esters is 1. The number of fused-ring (bicyclic) bond motifs is 1. The Hall–Kier alpha value is -1.75. The van der Waals surface area contributed by atoms with E-state index < -0.39 is 0 Å². The van der Waals surface area contributed by atoms with Crippen molar-refractivity contribution in [2.45, 2.75) is 52.0 Å². The first-order valence-electron chi connectivity index (χ1n) is 9.43. The Morgan fingerprint density at radius 3 is 2.88 bits per heavy atom. The Balaban J connectivity index is 1.81. The van der Waals surface area contributed by atoms with Crippen LogP contribution in [0.5, 0.6) is 11.5 Å². The maximum atomic E-state index is 12.7. The van der Waals surface area contributed by atoms with Crippen molar-refractivity contribution in [1.29, 1.82) is 0 Å². The average Bonchev–Trinajstić information content (AvgIpc) is 3.21. The zero-order valence-corrected chi connectivity index (χ0v) is 15.4. The molecular weight excluding hydrogens is 318 g/mol. The molecule has 0 bridgehead atoms. The van der Waals surface area contributed by atoms with Gasteiger partial charge in [-0.3, -0.25) is 4.79 Å². The predicted molar refractivity (Wildman–Crippen MR) is 95.9 cm³/mol. The SMILES string of the molecule is CCCC(C)C[C@@H]1NC[C@H](c2ccc3c(c2)OCO3)[C@H]1C(=O)OCC. The molecule has 1 N–H and O–H groups in total. The monoisotopic (exact) mass is 347 g/mol. The van der Waals surface area contributed by atoms with Gasteiger partial charge in [0, 0.05) is 18.5 Å². The number of nitrogens with one attached hydrogen (secondary N) is 1. The summed E-state index contributed by atoms with van der Waals surface area (Å²) in [5.41, 5.74) is 1.11. The quantitative estimate of drug-likeness (QED) is 0.765. The minimum atomic E-state index is -0.153. The molecule has 3 rings (SSSR count). The number of hydrogen-bond donors (Lipinski definition) is 1. The summed E-state index contributed by atoms with van der Waals surface area (Å²) in [6.45, 7) is 7.80. The van der Waals surface area contributed by atoms with Crippen LogP contribution in [0.3, 0.4) is 0 Å². The lowest BCUT2D eigenvalue weighted by molar-refractivity contribution is -0.149. The maximum absolute atomic E-state index is 12.7. The van der Waals surface area contributed by atoms with E-state index in [0.717, 1.165) is 30.0 Å². The molecule has 1 unspecified atom stereocenters. The molecule has 25 heavy (non-hydrogen) atoms. The maximum Gasteiger partial charge on any atom is 0.311 e. The van der Waals surface area contributed by atoms with E-state index >= 15 is 0 Å². The number of rotatable bonds is 7. The van der Waals surface area contributed by atoms with Crippen LogP contribution in [0.15, 0.2) is 18.2 Å². The van der Waals surface area contributed by atoms with Gasteiger partial charge in [-0.05, 0) is 37.0 Å². The molecule has 0 saturated carbocycles. The molecule has 0 spiro atoms. The predicted octanol–water partition coefficient (Wildman–Crippen LogP) is 3.48. The van der Waals surface area contributed by atoms with Gasteiger partial charge in [-0.1, -0.05) is 32.8 Å². The molecule has 0 radical (unpaired) electrons. The van der Waals surface area contributed by atoms with Crippen molar-refractivity contribution in [2.24, 2.45) is 11.8 Å². The first-order valence-corrected chi connectivity index (χ1v) is 9.43. The third kappa shape index (κ3) is 3.92. The normalized spacial score (nSPS) is 25.8. The Bertz CT molecular complexity index is 603. The van der Waals surface area contributed by atoms with Crippen LogP contribution in [0, 0.1) is 11.8 Å². The highest BCUT2D eigenvalue weighted by Crippen LogP contribution is 2.40. The first-order chi connectivity index (χ1) is 12.1. The van der Waals surface area contributed by atoms with Crippen molar-refractivity contribution in [2.75, 3.05) is 19.9 Å². The van der Waals surface area contributed by atoms with Gasteiger partial charge in [0.25, 0.3) is 0 Å². The second-order valence-electron chi connectivity index (χ2n) is 7.14. The fraction of sp³-hybridized carbons (Fsp3) is 0.650. The molecular formula is C20H29NO4. The standard InChI is InChI=1S/C20H29NO4/c1-4-6-13(3)9-16-19(20(22)23-5-2)15(11-21-16)14-7-8-17-18(10-14)25-12-24-17/h7-8,10,13,15-16,19,21H,4-6,9,11-12H2,1-3H3/t13?,15-,16+,19-/m1/s1. The van der Waals surface area contributed by atoms with Crippen LogP contribution in [-0.2, 0) is 9.53 Å². The smallest absolute Gasteiger partial charge is 0.311 e. The molecule has 0 aliphatic carbocycles. The fourth-order valence-electron chi connectivity index (χ4n) is 4.12. The molecule has 1 fully saturated rings. The van der Waals surface area contributed by atoms with E-state index in [9.17, 15) is 4.79 Å². The number of ether oxygens (including phenoxy) is 3. The van der Waals surface area contributed by atoms with Gasteiger partial charge < -0.3 is 19.5 Å². The highest BCUT2D eigenvalue weighted by molar-refractivity contribution is 5.75. The van der Waals surface area contributed by atoms with Gasteiger partial charge in [0.2, 0.25) is 6.79 Å². The second-order valence-corrected chi connectivity index (χ2v) is 7.14. The number of carbonyl (C=O) groups excluding carboxylic acids is 1. The summed E-state index contributed by atoms with van der Waals surface area (Å²) in [5, 5.41) is 3.58. The van der Waals surface area contributed by atoms with E-state index in [1.165, 1.54) is 12.8 Å². The summed E-state index contributed by atoms with van der Waals surface area (Å²) >= 11 is 0. The molecule has 5 nitrogen and oxygen atoms in total. The highest BCUT2D eigenvalue weighted by Gasteiger charge is 2.43. The summed E-state index contributed by atoms with van der Waals surface area (Å²) in [4.78, 5) is 12.7. The van der Waals surface area contributed by atoms with Gasteiger partial charge >= 0.3 is 5.97 Å². The van der Waals surface area contributed by atoms with Crippen molar-refractivity contribution >= 4 is 5.97 Å². The molecule has 1 saturated heterocycles. The van der Waals surface area contributed by atoms with E-state index in [0.29, 0.717) is 12.5 Å². The largest absolute Gasteiger partial charge is 0.466 e. The Morgan fingerprint density at radius 2 is 2.12 bits per heavy atom. The van der Waals surface area contributed by atoms with E-state index in [1.807, 2.05) is 25.1 Å². The molecule has 5 heteroatoms. The van der Waals surface area contributed by atoms with Crippen molar-refractivity contribution in [3.05, 3.63) is 23.8 Å². The van der Waals surface area contributed by atoms with Crippen LogP contribution < -0.4 is 14.8 Å². The molecule has 2 aliphatic heterocycles. The molecule has 0 amide bonds. The van der Waals surface area contributed by atoms with Gasteiger partial charge in [-0.25, -0.2) is 0 Å². The van der Waals surface area contributed by atoms with Crippen LogP contribution in [0.25, 0.3) is 0 Å². The molecule has 2 aliphatic rings. The average molecular weight is 347 g/mol. The van der Waals surface area contributed by atoms with Crippen molar-refractivity contribution in [3.63, 3.8) is 0 Å². The van der Waals surface area contributed by atoms with E-state index in [2.05, 4.69) is 19.2 Å². The third-order valence-corrected chi connectivity index (χ3v) is 5.29. The molecule has 1 aromatic carbocycles. The molecule has 2 heterocycles. The minimum Gasteiger partial charge on any atom is -0.466 e. The molecule has 4 atom stereocenters. The lowest BCUT2D eigenvalue weighted by Gasteiger charge is -2.25. The number of hydrogen-bond acceptors (Lipinski definition) is 5. The Labute approximate surface area is 150 Å². The van der Waals surface area contributed by atoms with Crippen LogP contribution in [0.4, 0.5) is 0 Å². The lowest BCUT2D eigenvalue weighted by atomic mass is 9.82. The van der Waals surface area contributed by atoms with E-state index in [-0.39, 0.29) is 30.6 Å². The van der Waals surface area contributed by atoms with Crippen LogP contribution in [0.2, 0.25) is 0 Å². The zero-order valence-electron chi connectivity index (χ0n) is 15.4. The van der Waals surface area contributed by atoms with Gasteiger partial charge in [-0.15, -0.1) is 0 Å². The Kier molecular flexibility index (Phi) is 5.84. The van der Waals surface area contributed by atoms with E-state index in [4.69, 9.17) is 14.2 Å². The lowest BCUT2D eigenvalue weighted by Crippen LogP contribution is -2.35. The zero-order chi connectivity index (χ0) is 17.8. The Morgan fingerprint density at radius 1 is 1.32 bits per heavy atom. The van der Waals surface area contributed by atoms with Crippen molar-refractivity contribution in [1.82, 2.24) is 5.32 Å². The van der Waals surface area contributed by atoms with Gasteiger partial charge in [-0.2, -0.15) is 0 Å². The van der Waals surface area contributed by atoms with Crippen LogP contribution in [0.1, 0.15) is 51.5 Å². The molecule has 138 valence electrons. The topological polar surface area (TPSA) is 56.8 Å². The summed E-state index contributed by atoms with van der Waals surface area (Å²) in [7, 11) is 0. The van der Waals surface area contributed by atoms with Crippen molar-refractivity contribution < 1.29 is 19.0 Å². The third-order valence-electron chi connectivity index (χ3n) is 5.29. The van der Waals surface area contributed by atoms with Gasteiger partial charge in [0.1, 0.15) is 0 Å². The minimum absolute atomic E-state index is 0.0936. The summed E-state index contributed by atoms with van der Waals surface area (Å²) in [5.74, 6) is 1.99. The fourth-order valence-corrected chi connectivity index (χ4v) is 4.12. The first kappa shape index (κ1) is 18.1. The van der Waals surface area contributed by atoms with Crippen LogP contribution in [-0.4, -0.2) is 32.0 Å². The van der Waals surface area contributed by atoms with Gasteiger partial charge in [0.05, 0.1) is 12.5 Å². The van der Waals surface area contributed by atoms with Crippen LogP contribution >= 0.6 is 0 Å². The highest BCUT2D eigenvalue weighted by atomic mass is 16.7. The van der Waals surface area contributed by atoms with E-state index in [1.54, 1.807) is 0 Å². The van der Waals surface area contributed by atoms with Crippen molar-refractivity contribution in [3.8, 4) is 11.5 Å². The molecule has 0 aromatic heterocycles. The van der Waals surface area contributed by atoms with Gasteiger partial charge in [0.15, 0.2) is 11.5 Å². The summed E-state index contributed by atoms with van der Waals surface area (Å²) in [6, 6.07) is 6.16. The molecule has 1 aromatic rings. The second kappa shape index (κ2) is 8.09.